The molecule has 2 aliphatic rings. The number of carbonyl (C=O) groups excluding carboxylic acids is 4. The van der Waals surface area contributed by atoms with Crippen LogP contribution >= 0.6 is 23.2 Å². The van der Waals surface area contributed by atoms with Crippen LogP contribution in [0, 0.1) is 0 Å². The predicted molar refractivity (Wildman–Crippen MR) is 175 cm³/mol. The highest BCUT2D eigenvalue weighted by molar-refractivity contribution is 7.91. The molecule has 0 saturated carbocycles. The number of hydrogen-bond donors (Lipinski definition) is 0. The monoisotopic (exact) mass is 708 g/mol. The van der Waals surface area contributed by atoms with Crippen LogP contribution < -0.4 is 0 Å². The summed E-state index contributed by atoms with van der Waals surface area (Å²) < 4.78 is 47.7. The lowest BCUT2D eigenvalue weighted by molar-refractivity contribution is -0.116. The van der Waals surface area contributed by atoms with Crippen molar-refractivity contribution in [2.24, 2.45) is 0 Å². The fourth-order valence-corrected chi connectivity index (χ4v) is 7.55. The molecule has 2 aromatic rings. The van der Waals surface area contributed by atoms with Gasteiger partial charge in [-0.3, -0.25) is 19.2 Å². The van der Waals surface area contributed by atoms with Crippen molar-refractivity contribution in [3.8, 4) is 0 Å². The zero-order valence-corrected chi connectivity index (χ0v) is 29.0. The average molecular weight is 710 g/mol. The van der Waals surface area contributed by atoms with Gasteiger partial charge in [0, 0.05) is 75.1 Å². The Morgan fingerprint density at radius 1 is 0.652 bits per heavy atom. The average Bonchev–Trinajstić information content (AvgIpc) is 2.97. The summed E-state index contributed by atoms with van der Waals surface area (Å²) in [4.78, 5) is 56.8. The summed E-state index contributed by atoms with van der Waals surface area (Å²) >= 11 is 12.6. The molecule has 0 fully saturated rings. The normalized spacial score (nSPS) is 16.1. The largest absolute Gasteiger partial charge is 0.375 e. The minimum atomic E-state index is -3.55. The van der Waals surface area contributed by atoms with Crippen molar-refractivity contribution in [2.75, 3.05) is 39.7 Å². The molecule has 0 aliphatic heterocycles. The highest BCUT2D eigenvalue weighted by Gasteiger charge is 2.32. The molecule has 0 bridgehead atoms. The molecule has 0 amide bonds. The topological polar surface area (TPSA) is 143 Å². The van der Waals surface area contributed by atoms with Crippen LogP contribution in [0.25, 0.3) is 0 Å². The van der Waals surface area contributed by atoms with Crippen LogP contribution in [-0.2, 0) is 29.3 Å². The number of hydrogen-bond acceptors (Lipinski definition) is 10. The third-order valence-corrected chi connectivity index (χ3v) is 11.0. The predicted octanol–water partition coefficient (Wildman–Crippen LogP) is 4.74. The van der Waals surface area contributed by atoms with E-state index in [-0.39, 0.29) is 66.5 Å². The molecule has 0 radical (unpaired) electrons. The molecule has 246 valence electrons. The number of benzene rings is 2. The number of halogens is 2. The van der Waals surface area contributed by atoms with E-state index in [9.17, 15) is 36.0 Å². The molecule has 0 heterocycles. The summed E-state index contributed by atoms with van der Waals surface area (Å²) in [5, 5.41) is -0.143. The van der Waals surface area contributed by atoms with Crippen molar-refractivity contribution in [1.29, 1.82) is 0 Å². The van der Waals surface area contributed by atoms with Crippen molar-refractivity contribution in [3.63, 3.8) is 0 Å². The standard InChI is InChI=1S/C32H34Cl2N2O8S2/c1-35(25-7-5-9-27(37)29(25)31(39)21-13-11-19(17-23(21)33)45(3,41)42)15-16-36(2)26-8-6-10-28(38)30(26)32(40)22-14-12-20(18-24(22)34)46(4,43)44/h11-14,17-18H,5-10,15-16H2,1-4H3. The lowest BCUT2D eigenvalue weighted by Gasteiger charge is -2.32. The first-order chi connectivity index (χ1) is 21.4. The SMILES string of the molecule is CN(CCN(C)C1=C(C(=O)c2ccc(S(C)(=O)=O)cc2Cl)C(=O)CCC1)C1=C(C(=O)c2ccc(S(C)(=O)=O)cc2Cl)C(=O)CCC1. The summed E-state index contributed by atoms with van der Waals surface area (Å²) in [6, 6.07) is 7.59. The second kappa shape index (κ2) is 13.8. The van der Waals surface area contributed by atoms with Gasteiger partial charge in [-0.05, 0) is 62.1 Å². The smallest absolute Gasteiger partial charge is 0.199 e. The van der Waals surface area contributed by atoms with Crippen molar-refractivity contribution in [3.05, 3.63) is 80.1 Å². The van der Waals surface area contributed by atoms with Gasteiger partial charge in [-0.15, -0.1) is 0 Å². The Morgan fingerprint density at radius 2 is 1.00 bits per heavy atom. The Hall–Kier alpha value is -3.32. The number of rotatable bonds is 11. The minimum absolute atomic E-state index is 0.000479. The van der Waals surface area contributed by atoms with E-state index in [1.165, 1.54) is 36.4 Å². The van der Waals surface area contributed by atoms with E-state index in [2.05, 4.69) is 0 Å². The first-order valence-corrected chi connectivity index (χ1v) is 19.0. The van der Waals surface area contributed by atoms with Crippen molar-refractivity contribution in [2.45, 2.75) is 48.3 Å². The Morgan fingerprint density at radius 3 is 1.30 bits per heavy atom. The maximum atomic E-state index is 13.6. The van der Waals surface area contributed by atoms with Gasteiger partial charge < -0.3 is 9.80 Å². The maximum Gasteiger partial charge on any atom is 0.199 e. The Labute approximate surface area is 278 Å². The van der Waals surface area contributed by atoms with E-state index in [0.717, 1.165) is 12.5 Å². The lowest BCUT2D eigenvalue weighted by atomic mass is 9.88. The number of ketones is 4. The van der Waals surface area contributed by atoms with Gasteiger partial charge in [0.05, 0.1) is 31.0 Å². The number of carbonyl (C=O) groups is 4. The summed E-state index contributed by atoms with van der Waals surface area (Å²) in [5.74, 6) is -1.83. The first kappa shape index (κ1) is 35.5. The van der Waals surface area contributed by atoms with E-state index in [4.69, 9.17) is 23.2 Å². The molecular formula is C32H34Cl2N2O8S2. The number of sulfone groups is 2. The number of likely N-dealkylation sites (N-methyl/N-ethyl adjacent to an activating group) is 2. The van der Waals surface area contributed by atoms with Crippen molar-refractivity contribution < 1.29 is 36.0 Å². The van der Waals surface area contributed by atoms with Crippen LogP contribution in [0.4, 0.5) is 0 Å². The third-order valence-electron chi connectivity index (χ3n) is 8.14. The summed E-state index contributed by atoms with van der Waals surface area (Å²) in [6.45, 7) is 0.666. The lowest BCUT2D eigenvalue weighted by Crippen LogP contribution is -2.35. The fourth-order valence-electron chi connectivity index (χ4n) is 5.59. The molecule has 0 spiro atoms. The molecule has 10 nitrogen and oxygen atoms in total. The number of Topliss-reactive ketones (excluding diaryl/α,β-unsaturated/α-hetero) is 4. The van der Waals surface area contributed by atoms with E-state index in [1.807, 2.05) is 0 Å². The molecule has 4 rings (SSSR count). The Balaban J connectivity index is 1.61. The van der Waals surface area contributed by atoms with Crippen LogP contribution in [-0.4, -0.2) is 89.5 Å². The number of nitrogens with zero attached hydrogens (tertiary/aromatic N) is 2. The Bertz CT molecular complexity index is 1790. The highest BCUT2D eigenvalue weighted by Crippen LogP contribution is 2.32. The zero-order valence-electron chi connectivity index (χ0n) is 25.9. The first-order valence-electron chi connectivity index (χ1n) is 14.5. The van der Waals surface area contributed by atoms with E-state index in [0.29, 0.717) is 50.2 Å². The molecule has 0 unspecified atom stereocenters. The second-order valence-electron chi connectivity index (χ2n) is 11.5. The molecule has 14 heteroatoms. The quantitative estimate of drug-likeness (QED) is 0.237. The summed E-state index contributed by atoms with van der Waals surface area (Å²) in [5.41, 5.74) is 1.11. The van der Waals surface area contributed by atoms with Crippen molar-refractivity contribution >= 4 is 66.0 Å². The number of allylic oxidation sites excluding steroid dienone is 4. The van der Waals surface area contributed by atoms with Crippen LogP contribution in [0.2, 0.25) is 10.0 Å². The van der Waals surface area contributed by atoms with Gasteiger partial charge in [-0.25, -0.2) is 16.8 Å². The second-order valence-corrected chi connectivity index (χ2v) is 16.4. The molecule has 0 aromatic heterocycles. The van der Waals surface area contributed by atoms with Crippen LogP contribution in [0.5, 0.6) is 0 Å². The summed E-state index contributed by atoms with van der Waals surface area (Å²) in [6.07, 6.45) is 4.44. The van der Waals surface area contributed by atoms with Crippen LogP contribution in [0.1, 0.15) is 59.2 Å². The van der Waals surface area contributed by atoms with Gasteiger partial charge in [0.15, 0.2) is 42.8 Å². The zero-order chi connectivity index (χ0) is 34.1. The third kappa shape index (κ3) is 7.62. The van der Waals surface area contributed by atoms with Gasteiger partial charge in [-0.1, -0.05) is 23.2 Å². The van der Waals surface area contributed by atoms with E-state index < -0.39 is 31.2 Å². The molecule has 0 N–H and O–H groups in total. The molecule has 2 aromatic carbocycles. The fraction of sp³-hybridized carbons (Fsp3) is 0.375. The van der Waals surface area contributed by atoms with Crippen LogP contribution in [0.3, 0.4) is 0 Å². The highest BCUT2D eigenvalue weighted by atomic mass is 35.5. The molecule has 46 heavy (non-hydrogen) atoms. The maximum absolute atomic E-state index is 13.6. The molecule has 2 aliphatic carbocycles. The van der Waals surface area contributed by atoms with Gasteiger partial charge in [-0.2, -0.15) is 0 Å². The van der Waals surface area contributed by atoms with Gasteiger partial charge in [0.2, 0.25) is 0 Å². The van der Waals surface area contributed by atoms with E-state index in [1.54, 1.807) is 23.9 Å². The molecule has 0 atom stereocenters. The van der Waals surface area contributed by atoms with Gasteiger partial charge in [0.1, 0.15) is 0 Å². The minimum Gasteiger partial charge on any atom is -0.375 e. The Kier molecular flexibility index (Phi) is 10.7. The summed E-state index contributed by atoms with van der Waals surface area (Å²) in [7, 11) is -3.61. The van der Waals surface area contributed by atoms with E-state index >= 15 is 0 Å². The molecule has 0 saturated heterocycles. The van der Waals surface area contributed by atoms with Crippen molar-refractivity contribution in [1.82, 2.24) is 9.80 Å². The molecular weight excluding hydrogens is 675 g/mol. The van der Waals surface area contributed by atoms with Gasteiger partial charge in [0.25, 0.3) is 0 Å². The van der Waals surface area contributed by atoms with Gasteiger partial charge >= 0.3 is 0 Å². The van der Waals surface area contributed by atoms with Crippen LogP contribution in [0.15, 0.2) is 68.7 Å².